The van der Waals surface area contributed by atoms with Crippen LogP contribution in [0, 0.1) is 11.6 Å². The van der Waals surface area contributed by atoms with Crippen molar-refractivity contribution in [1.82, 2.24) is 10.3 Å². The predicted molar refractivity (Wildman–Crippen MR) is 81.8 cm³/mol. The van der Waals surface area contributed by atoms with Gasteiger partial charge in [0, 0.05) is 5.02 Å². The Kier molecular flexibility index (Phi) is 5.71. The molecule has 0 radical (unpaired) electrons. The van der Waals surface area contributed by atoms with Crippen LogP contribution < -0.4 is 15.0 Å². The lowest BCUT2D eigenvalue weighted by atomic mass is 10.3. The van der Waals surface area contributed by atoms with Crippen LogP contribution in [0.4, 0.5) is 8.78 Å². The molecule has 0 aliphatic heterocycles. The van der Waals surface area contributed by atoms with Crippen LogP contribution in [-0.2, 0) is 14.8 Å². The van der Waals surface area contributed by atoms with Crippen LogP contribution in [0.5, 0.6) is 5.75 Å². The molecule has 0 aliphatic carbocycles. The largest absolute Gasteiger partial charge is 0.481 e. The number of halogens is 3. The fraction of sp³-hybridized carbons (Fsp3) is 0.0714. The van der Waals surface area contributed by atoms with E-state index < -0.39 is 39.1 Å². The molecule has 2 aromatic carbocycles. The van der Waals surface area contributed by atoms with Crippen LogP contribution in [0.2, 0.25) is 5.02 Å². The van der Waals surface area contributed by atoms with E-state index in [0.29, 0.717) is 0 Å². The molecule has 0 bridgehead atoms. The number of hydrazine groups is 1. The highest BCUT2D eigenvalue weighted by Crippen LogP contribution is 2.18. The van der Waals surface area contributed by atoms with Crippen molar-refractivity contribution in [2.45, 2.75) is 4.90 Å². The van der Waals surface area contributed by atoms with E-state index >= 15 is 0 Å². The molecule has 2 rings (SSSR count). The highest BCUT2D eigenvalue weighted by molar-refractivity contribution is 7.89. The number of hydrogen-bond acceptors (Lipinski definition) is 4. The molecule has 0 fully saturated rings. The van der Waals surface area contributed by atoms with Crippen molar-refractivity contribution in [2.75, 3.05) is 6.61 Å². The Morgan fingerprint density at radius 2 is 1.83 bits per heavy atom. The third kappa shape index (κ3) is 4.63. The van der Waals surface area contributed by atoms with E-state index in [2.05, 4.69) is 0 Å². The quantitative estimate of drug-likeness (QED) is 0.755. The Hall–Kier alpha value is -2.23. The first-order chi connectivity index (χ1) is 11.3. The van der Waals surface area contributed by atoms with Gasteiger partial charge in [-0.25, -0.2) is 17.2 Å². The third-order valence-electron chi connectivity index (χ3n) is 2.70. The van der Waals surface area contributed by atoms with E-state index in [1.165, 1.54) is 24.3 Å². The molecular formula is C14H11ClF2N2O4S. The lowest BCUT2D eigenvalue weighted by molar-refractivity contribution is -0.123. The number of amides is 1. The summed E-state index contributed by atoms with van der Waals surface area (Å²) in [6.45, 7) is -0.646. The SMILES string of the molecule is O=C(COc1ccccc1F)NNS(=O)(=O)c1ccc(Cl)cc1F. The van der Waals surface area contributed by atoms with Gasteiger partial charge in [0.2, 0.25) is 0 Å². The molecular weight excluding hydrogens is 366 g/mol. The summed E-state index contributed by atoms with van der Waals surface area (Å²) in [6.07, 6.45) is 0. The first kappa shape index (κ1) is 18.1. The van der Waals surface area contributed by atoms with Gasteiger partial charge in [-0.15, -0.1) is 4.83 Å². The molecule has 2 aromatic rings. The summed E-state index contributed by atoms with van der Waals surface area (Å²) < 4.78 is 55.6. The van der Waals surface area contributed by atoms with Crippen LogP contribution >= 0.6 is 11.6 Å². The van der Waals surface area contributed by atoms with E-state index in [0.717, 1.165) is 18.2 Å². The molecule has 24 heavy (non-hydrogen) atoms. The lowest BCUT2D eigenvalue weighted by Crippen LogP contribution is -2.44. The van der Waals surface area contributed by atoms with E-state index in [9.17, 15) is 22.0 Å². The molecule has 0 aliphatic rings. The highest BCUT2D eigenvalue weighted by atomic mass is 35.5. The minimum atomic E-state index is -4.34. The standard InChI is InChI=1S/C14H11ClF2N2O4S/c15-9-5-6-13(11(17)7-9)24(21,22)19-18-14(20)8-23-12-4-2-1-3-10(12)16/h1-7,19H,8H2,(H,18,20). The molecule has 0 heterocycles. The fourth-order valence-electron chi connectivity index (χ4n) is 1.61. The van der Waals surface area contributed by atoms with Gasteiger partial charge >= 0.3 is 0 Å². The van der Waals surface area contributed by atoms with Gasteiger partial charge in [-0.3, -0.25) is 10.2 Å². The first-order valence-electron chi connectivity index (χ1n) is 6.42. The first-order valence-corrected chi connectivity index (χ1v) is 8.29. The number of benzene rings is 2. The van der Waals surface area contributed by atoms with Gasteiger partial charge in [0.05, 0.1) is 0 Å². The maximum atomic E-state index is 13.6. The Morgan fingerprint density at radius 1 is 1.12 bits per heavy atom. The van der Waals surface area contributed by atoms with E-state index in [1.807, 2.05) is 5.43 Å². The molecule has 128 valence electrons. The molecule has 1 amide bonds. The number of sulfonamides is 1. The minimum absolute atomic E-state index is 0.0220. The summed E-state index contributed by atoms with van der Waals surface area (Å²) in [7, 11) is -4.34. The number of hydrogen-bond donors (Lipinski definition) is 2. The fourth-order valence-corrected chi connectivity index (χ4v) is 2.69. The van der Waals surface area contributed by atoms with Gasteiger partial charge in [0.15, 0.2) is 18.2 Å². The van der Waals surface area contributed by atoms with Crippen LogP contribution in [0.15, 0.2) is 47.4 Å². The molecule has 0 saturated carbocycles. The molecule has 0 saturated heterocycles. The van der Waals surface area contributed by atoms with Gasteiger partial charge in [0.25, 0.3) is 15.9 Å². The molecule has 0 spiro atoms. The average molecular weight is 377 g/mol. The van der Waals surface area contributed by atoms with Gasteiger partial charge in [-0.2, -0.15) is 0 Å². The number of para-hydroxylation sites is 1. The monoisotopic (exact) mass is 376 g/mol. The lowest BCUT2D eigenvalue weighted by Gasteiger charge is -2.10. The maximum absolute atomic E-state index is 13.6. The third-order valence-corrected chi connectivity index (χ3v) is 4.22. The summed E-state index contributed by atoms with van der Waals surface area (Å²) >= 11 is 5.53. The summed E-state index contributed by atoms with van der Waals surface area (Å²) in [5, 5.41) is 0.0220. The van der Waals surface area contributed by atoms with E-state index in [1.54, 1.807) is 4.83 Å². The Bertz CT molecular complexity index is 862. The van der Waals surface area contributed by atoms with Crippen molar-refractivity contribution in [1.29, 1.82) is 0 Å². The Labute approximate surface area is 141 Å². The average Bonchev–Trinajstić information content (AvgIpc) is 2.52. The van der Waals surface area contributed by atoms with Crippen molar-refractivity contribution in [3.05, 3.63) is 59.1 Å². The molecule has 0 atom stereocenters. The van der Waals surface area contributed by atoms with Gasteiger partial charge in [-0.1, -0.05) is 23.7 Å². The smallest absolute Gasteiger partial charge is 0.272 e. The Balaban J connectivity index is 1.94. The van der Waals surface area contributed by atoms with Crippen LogP contribution in [0.1, 0.15) is 0 Å². The molecule has 10 heteroatoms. The second-order valence-electron chi connectivity index (χ2n) is 4.45. The second-order valence-corrected chi connectivity index (χ2v) is 6.53. The summed E-state index contributed by atoms with van der Waals surface area (Å²) in [6, 6.07) is 8.33. The number of nitrogens with one attached hydrogen (secondary N) is 2. The Morgan fingerprint density at radius 3 is 2.50 bits per heavy atom. The molecule has 0 aromatic heterocycles. The highest BCUT2D eigenvalue weighted by Gasteiger charge is 2.20. The second kappa shape index (κ2) is 7.56. The molecule has 6 nitrogen and oxygen atoms in total. The zero-order valence-corrected chi connectivity index (χ0v) is 13.5. The molecule has 0 unspecified atom stereocenters. The van der Waals surface area contributed by atoms with E-state index in [4.69, 9.17) is 16.3 Å². The maximum Gasteiger partial charge on any atom is 0.272 e. The van der Waals surface area contributed by atoms with Crippen molar-refractivity contribution in [2.24, 2.45) is 0 Å². The van der Waals surface area contributed by atoms with Crippen molar-refractivity contribution in [3.8, 4) is 5.75 Å². The minimum Gasteiger partial charge on any atom is -0.481 e. The topological polar surface area (TPSA) is 84.5 Å². The van der Waals surface area contributed by atoms with Crippen LogP contribution in [0.25, 0.3) is 0 Å². The number of rotatable bonds is 6. The van der Waals surface area contributed by atoms with Gasteiger partial charge in [0.1, 0.15) is 10.7 Å². The number of carbonyl (C=O) groups excluding carboxylic acids is 1. The van der Waals surface area contributed by atoms with E-state index in [-0.39, 0.29) is 10.8 Å². The van der Waals surface area contributed by atoms with Gasteiger partial charge < -0.3 is 4.74 Å². The number of carbonyl (C=O) groups is 1. The van der Waals surface area contributed by atoms with Crippen molar-refractivity contribution in [3.63, 3.8) is 0 Å². The zero-order chi connectivity index (χ0) is 17.7. The van der Waals surface area contributed by atoms with Crippen molar-refractivity contribution < 1.29 is 26.7 Å². The predicted octanol–water partition coefficient (Wildman–Crippen LogP) is 2.01. The summed E-state index contributed by atoms with van der Waals surface area (Å²) in [5.41, 5.74) is 1.83. The summed E-state index contributed by atoms with van der Waals surface area (Å²) in [4.78, 5) is 12.6. The molecule has 2 N–H and O–H groups in total. The van der Waals surface area contributed by atoms with Crippen LogP contribution in [-0.4, -0.2) is 20.9 Å². The van der Waals surface area contributed by atoms with Gasteiger partial charge in [-0.05, 0) is 30.3 Å². The zero-order valence-electron chi connectivity index (χ0n) is 11.9. The summed E-state index contributed by atoms with van der Waals surface area (Å²) in [5.74, 6) is -2.82. The van der Waals surface area contributed by atoms with Crippen molar-refractivity contribution >= 4 is 27.5 Å². The van der Waals surface area contributed by atoms with Crippen LogP contribution in [0.3, 0.4) is 0 Å². The number of ether oxygens (including phenoxy) is 1. The normalized spacial score (nSPS) is 11.1.